The zero-order chi connectivity index (χ0) is 11.3. The molecule has 0 aromatic carbocycles. The van der Waals surface area contributed by atoms with Gasteiger partial charge in [-0.3, -0.25) is 0 Å². The Morgan fingerprint density at radius 2 is 2.07 bits per heavy atom. The average Bonchev–Trinajstić information content (AvgIpc) is 2.13. The zero-order valence-electron chi connectivity index (χ0n) is 7.37. The first-order chi connectivity index (χ1) is 6.83. The van der Waals surface area contributed by atoms with Crippen molar-refractivity contribution >= 4 is 21.4 Å². The second kappa shape index (κ2) is 3.12. The number of halogens is 3. The van der Waals surface area contributed by atoms with Crippen LogP contribution >= 0.6 is 11.6 Å². The minimum Gasteiger partial charge on any atom is -0.233 e. The summed E-state index contributed by atoms with van der Waals surface area (Å²) in [5.74, 6) is -3.78. The quantitative estimate of drug-likeness (QED) is 0.665. The molecule has 0 aliphatic carbocycles. The van der Waals surface area contributed by atoms with Crippen LogP contribution in [0.2, 0.25) is 5.15 Å². The molecule has 2 heterocycles. The van der Waals surface area contributed by atoms with E-state index in [1.54, 1.807) is 0 Å². The Kier molecular flexibility index (Phi) is 2.24. The van der Waals surface area contributed by atoms with Crippen molar-refractivity contribution in [2.24, 2.45) is 0 Å². The fourth-order valence-corrected chi connectivity index (χ4v) is 3.08. The molecule has 0 radical (unpaired) electrons. The molecule has 0 amide bonds. The number of rotatable bonds is 0. The van der Waals surface area contributed by atoms with Crippen molar-refractivity contribution < 1.29 is 17.2 Å². The van der Waals surface area contributed by atoms with E-state index in [0.717, 1.165) is 6.07 Å². The van der Waals surface area contributed by atoms with Gasteiger partial charge in [-0.2, -0.15) is 8.78 Å². The number of fused-ring (bicyclic) bond motifs is 1. The summed E-state index contributed by atoms with van der Waals surface area (Å²) in [6, 6.07) is 2.27. The Bertz CT molecular complexity index is 515. The topological polar surface area (TPSA) is 47.0 Å². The van der Waals surface area contributed by atoms with Crippen LogP contribution in [0.25, 0.3) is 0 Å². The van der Waals surface area contributed by atoms with Gasteiger partial charge in [-0.05, 0) is 12.1 Å². The number of hydrogen-bond acceptors (Lipinski definition) is 3. The van der Waals surface area contributed by atoms with Crippen LogP contribution in [-0.4, -0.2) is 19.2 Å². The van der Waals surface area contributed by atoms with E-state index >= 15 is 0 Å². The molecule has 0 atom stereocenters. The molecule has 3 nitrogen and oxygen atoms in total. The third kappa shape index (κ3) is 1.72. The van der Waals surface area contributed by atoms with Crippen molar-refractivity contribution in [3.05, 3.63) is 23.0 Å². The highest BCUT2D eigenvalue weighted by molar-refractivity contribution is 7.91. The maximum atomic E-state index is 13.3. The summed E-state index contributed by atoms with van der Waals surface area (Å²) in [5.41, 5.74) is -0.735. The molecule has 2 rings (SSSR count). The lowest BCUT2D eigenvalue weighted by Crippen LogP contribution is -2.29. The third-order valence-corrected chi connectivity index (χ3v) is 4.14. The van der Waals surface area contributed by atoms with Crippen LogP contribution in [0.4, 0.5) is 8.78 Å². The maximum absolute atomic E-state index is 13.3. The van der Waals surface area contributed by atoms with Crippen LogP contribution in [0.3, 0.4) is 0 Å². The largest absolute Gasteiger partial charge is 0.292 e. The summed E-state index contributed by atoms with van der Waals surface area (Å²) < 4.78 is 49.6. The van der Waals surface area contributed by atoms with Gasteiger partial charge >= 0.3 is 0 Å². The molecule has 82 valence electrons. The van der Waals surface area contributed by atoms with Gasteiger partial charge in [0.05, 0.1) is 10.6 Å². The van der Waals surface area contributed by atoms with E-state index in [4.69, 9.17) is 11.6 Å². The Balaban J connectivity index is 2.76. The predicted octanol–water partition coefficient (Wildman–Crippen LogP) is 2.00. The SMILES string of the molecule is O=S1(=O)CCC(F)(F)c2nc(Cl)ccc21. The van der Waals surface area contributed by atoms with Gasteiger partial charge in [0.15, 0.2) is 9.84 Å². The van der Waals surface area contributed by atoms with Crippen LogP contribution < -0.4 is 0 Å². The van der Waals surface area contributed by atoms with Crippen molar-refractivity contribution in [3.63, 3.8) is 0 Å². The van der Waals surface area contributed by atoms with E-state index in [1.165, 1.54) is 6.07 Å². The fourth-order valence-electron chi connectivity index (χ4n) is 1.43. The van der Waals surface area contributed by atoms with Gasteiger partial charge in [-0.15, -0.1) is 0 Å². The fraction of sp³-hybridized carbons (Fsp3) is 0.375. The second-order valence-corrected chi connectivity index (χ2v) is 5.72. The monoisotopic (exact) mass is 253 g/mol. The summed E-state index contributed by atoms with van der Waals surface area (Å²) in [6.45, 7) is 0. The molecule has 0 N–H and O–H groups in total. The van der Waals surface area contributed by atoms with Crippen molar-refractivity contribution in [1.82, 2.24) is 4.98 Å². The van der Waals surface area contributed by atoms with E-state index in [9.17, 15) is 17.2 Å². The molecule has 1 aromatic rings. The van der Waals surface area contributed by atoms with E-state index in [1.807, 2.05) is 0 Å². The summed E-state index contributed by atoms with van der Waals surface area (Å²) in [7, 11) is -3.63. The Hall–Kier alpha value is -0.750. The summed E-state index contributed by atoms with van der Waals surface area (Å²) >= 11 is 5.46. The summed E-state index contributed by atoms with van der Waals surface area (Å²) in [4.78, 5) is 2.98. The number of pyridine rings is 1. The smallest absolute Gasteiger partial charge is 0.233 e. The highest BCUT2D eigenvalue weighted by atomic mass is 35.5. The Morgan fingerprint density at radius 3 is 2.73 bits per heavy atom. The highest BCUT2D eigenvalue weighted by Crippen LogP contribution is 2.40. The normalized spacial score (nSPS) is 22.1. The summed E-state index contributed by atoms with van der Waals surface area (Å²) in [6.07, 6.45) is -0.740. The lowest BCUT2D eigenvalue weighted by molar-refractivity contribution is -0.0174. The van der Waals surface area contributed by atoms with Gasteiger partial charge in [-0.1, -0.05) is 11.6 Å². The van der Waals surface area contributed by atoms with Gasteiger partial charge in [0.1, 0.15) is 10.8 Å². The van der Waals surface area contributed by atoms with Gasteiger partial charge < -0.3 is 0 Å². The molecule has 0 fully saturated rings. The number of aromatic nitrogens is 1. The number of sulfone groups is 1. The molecule has 7 heteroatoms. The molecule has 1 aliphatic rings. The van der Waals surface area contributed by atoms with E-state index in [2.05, 4.69) is 4.98 Å². The number of hydrogen-bond donors (Lipinski definition) is 0. The third-order valence-electron chi connectivity index (χ3n) is 2.19. The zero-order valence-corrected chi connectivity index (χ0v) is 8.95. The van der Waals surface area contributed by atoms with Crippen LogP contribution in [0.15, 0.2) is 17.0 Å². The maximum Gasteiger partial charge on any atom is 0.292 e. The Labute approximate surface area is 90.0 Å². The average molecular weight is 254 g/mol. The van der Waals surface area contributed by atoms with Gasteiger partial charge in [0.2, 0.25) is 0 Å². The molecule has 15 heavy (non-hydrogen) atoms. The van der Waals surface area contributed by atoms with Crippen LogP contribution in [0.1, 0.15) is 12.1 Å². The molecule has 0 bridgehead atoms. The molecule has 0 spiro atoms. The standard InChI is InChI=1S/C8H6ClF2NO2S/c9-6-2-1-5-7(12-6)8(10,11)3-4-15(5,13)14/h1-2H,3-4H2. The van der Waals surface area contributed by atoms with Crippen LogP contribution in [0.5, 0.6) is 0 Å². The van der Waals surface area contributed by atoms with E-state index in [0.29, 0.717) is 0 Å². The van der Waals surface area contributed by atoms with Crippen molar-refractivity contribution in [2.45, 2.75) is 17.2 Å². The molecular weight excluding hydrogens is 248 g/mol. The lowest BCUT2D eigenvalue weighted by atomic mass is 10.1. The molecule has 1 aliphatic heterocycles. The number of alkyl halides is 2. The first-order valence-electron chi connectivity index (χ1n) is 4.10. The van der Waals surface area contributed by atoms with Crippen molar-refractivity contribution in [3.8, 4) is 0 Å². The first-order valence-corrected chi connectivity index (χ1v) is 6.13. The lowest BCUT2D eigenvalue weighted by Gasteiger charge is -2.23. The van der Waals surface area contributed by atoms with Gasteiger partial charge in [-0.25, -0.2) is 13.4 Å². The van der Waals surface area contributed by atoms with E-state index in [-0.39, 0.29) is 5.15 Å². The first kappa shape index (κ1) is 10.8. The predicted molar refractivity (Wildman–Crippen MR) is 49.8 cm³/mol. The summed E-state index contributed by atoms with van der Waals surface area (Å²) in [5, 5.41) is -0.134. The molecule has 0 saturated carbocycles. The van der Waals surface area contributed by atoms with Crippen molar-refractivity contribution in [2.75, 3.05) is 5.75 Å². The second-order valence-electron chi connectivity index (χ2n) is 3.25. The minimum atomic E-state index is -3.63. The highest BCUT2D eigenvalue weighted by Gasteiger charge is 2.44. The van der Waals surface area contributed by atoms with E-state index < -0.39 is 38.5 Å². The van der Waals surface area contributed by atoms with Crippen LogP contribution in [0, 0.1) is 0 Å². The Morgan fingerprint density at radius 1 is 1.40 bits per heavy atom. The van der Waals surface area contributed by atoms with Crippen molar-refractivity contribution in [1.29, 1.82) is 0 Å². The molecule has 0 saturated heterocycles. The molecule has 0 unspecified atom stereocenters. The van der Waals surface area contributed by atoms with Gasteiger partial charge in [0.25, 0.3) is 5.92 Å². The van der Waals surface area contributed by atoms with Crippen LogP contribution in [-0.2, 0) is 15.8 Å². The number of nitrogens with zero attached hydrogens (tertiary/aromatic N) is 1. The molecule has 1 aromatic heterocycles. The molecular formula is C8H6ClF2NO2S. The van der Waals surface area contributed by atoms with Gasteiger partial charge in [0, 0.05) is 6.42 Å². The minimum absolute atomic E-state index is 0.134.